The van der Waals surface area contributed by atoms with Gasteiger partial charge in [0.2, 0.25) is 0 Å². The molecule has 0 amide bonds. The Hall–Kier alpha value is -0.120. The predicted molar refractivity (Wildman–Crippen MR) is 64.1 cm³/mol. The molecule has 0 unspecified atom stereocenters. The predicted octanol–water partition coefficient (Wildman–Crippen LogP) is 1.80. The first kappa shape index (κ1) is 14.9. The lowest BCUT2D eigenvalue weighted by Crippen LogP contribution is -2.34. The van der Waals surface area contributed by atoms with Crippen LogP contribution >= 0.6 is 0 Å². The van der Waals surface area contributed by atoms with Crippen LogP contribution in [0.2, 0.25) is 0 Å². The summed E-state index contributed by atoms with van der Waals surface area (Å²) in [6.45, 7) is 10.8. The minimum Gasteiger partial charge on any atom is -0.390 e. The summed E-state index contributed by atoms with van der Waals surface area (Å²) in [4.78, 5) is 0. The molecule has 0 radical (unpaired) electrons. The van der Waals surface area contributed by atoms with Crippen molar-refractivity contribution in [3.8, 4) is 0 Å². The van der Waals surface area contributed by atoms with Gasteiger partial charge in [0.05, 0.1) is 5.60 Å². The Balaban J connectivity index is 3.57. The Morgan fingerprint density at radius 2 is 1.73 bits per heavy atom. The van der Waals surface area contributed by atoms with E-state index in [4.69, 9.17) is 4.74 Å². The monoisotopic (exact) mass is 217 g/mol. The highest BCUT2D eigenvalue weighted by molar-refractivity contribution is 4.73. The third-order valence-corrected chi connectivity index (χ3v) is 2.50. The number of hydrogen-bond donors (Lipinski definition) is 2. The van der Waals surface area contributed by atoms with Gasteiger partial charge in [0.15, 0.2) is 0 Å². The molecule has 0 atom stereocenters. The molecule has 0 heterocycles. The van der Waals surface area contributed by atoms with Crippen molar-refractivity contribution in [1.29, 1.82) is 0 Å². The summed E-state index contributed by atoms with van der Waals surface area (Å²) in [6, 6.07) is 0. The van der Waals surface area contributed by atoms with Gasteiger partial charge in [-0.05, 0) is 38.6 Å². The summed E-state index contributed by atoms with van der Waals surface area (Å²) in [5.41, 5.74) is -0.306. The van der Waals surface area contributed by atoms with Crippen LogP contribution in [0.25, 0.3) is 0 Å². The average molecular weight is 217 g/mol. The molecule has 3 nitrogen and oxygen atoms in total. The van der Waals surface area contributed by atoms with Crippen molar-refractivity contribution in [2.75, 3.05) is 26.8 Å². The third-order valence-electron chi connectivity index (χ3n) is 2.50. The number of aliphatic hydroxyl groups is 1. The van der Waals surface area contributed by atoms with Gasteiger partial charge in [0, 0.05) is 20.3 Å². The highest BCUT2D eigenvalue weighted by Gasteiger charge is 2.17. The second-order valence-corrected chi connectivity index (χ2v) is 5.65. The number of ether oxygens (including phenoxy) is 1. The molecule has 0 saturated heterocycles. The number of methoxy groups -OCH3 is 1. The van der Waals surface area contributed by atoms with E-state index < -0.39 is 5.60 Å². The van der Waals surface area contributed by atoms with Gasteiger partial charge in [-0.25, -0.2) is 0 Å². The van der Waals surface area contributed by atoms with Gasteiger partial charge in [-0.1, -0.05) is 13.8 Å². The van der Waals surface area contributed by atoms with Crippen LogP contribution in [-0.2, 0) is 4.74 Å². The molecule has 0 fully saturated rings. The molecule has 0 saturated carbocycles. The van der Waals surface area contributed by atoms with Crippen molar-refractivity contribution in [3.63, 3.8) is 0 Å². The van der Waals surface area contributed by atoms with Crippen LogP contribution in [-0.4, -0.2) is 37.5 Å². The average Bonchev–Trinajstić information content (AvgIpc) is 2.08. The number of nitrogens with one attached hydrogen (secondary N) is 1. The molecule has 0 aliphatic heterocycles. The molecule has 0 aromatic rings. The van der Waals surface area contributed by atoms with Crippen LogP contribution in [0.5, 0.6) is 0 Å². The van der Waals surface area contributed by atoms with E-state index in [1.165, 1.54) is 0 Å². The zero-order chi connectivity index (χ0) is 11.9. The standard InChI is InChI=1S/C12H27NO2/c1-11(2,7-9-15-5)10-13-8-6-12(3,4)14/h13-14H,6-10H2,1-5H3. The Bertz CT molecular complexity index is 161. The molecule has 15 heavy (non-hydrogen) atoms. The Kier molecular flexibility index (Phi) is 6.41. The maximum Gasteiger partial charge on any atom is 0.0603 e. The first-order chi connectivity index (χ1) is 6.77. The highest BCUT2D eigenvalue weighted by Crippen LogP contribution is 2.18. The number of hydrogen-bond acceptors (Lipinski definition) is 3. The molecule has 3 heteroatoms. The van der Waals surface area contributed by atoms with Gasteiger partial charge < -0.3 is 15.2 Å². The van der Waals surface area contributed by atoms with Gasteiger partial charge in [-0.3, -0.25) is 0 Å². The van der Waals surface area contributed by atoms with Crippen molar-refractivity contribution in [2.24, 2.45) is 5.41 Å². The molecule has 0 rings (SSSR count). The van der Waals surface area contributed by atoms with Crippen LogP contribution in [0.4, 0.5) is 0 Å². The van der Waals surface area contributed by atoms with Gasteiger partial charge in [-0.2, -0.15) is 0 Å². The second kappa shape index (κ2) is 6.46. The third kappa shape index (κ3) is 10.2. The van der Waals surface area contributed by atoms with Crippen LogP contribution in [0, 0.1) is 5.41 Å². The number of rotatable bonds is 8. The van der Waals surface area contributed by atoms with E-state index in [-0.39, 0.29) is 5.41 Å². The highest BCUT2D eigenvalue weighted by atomic mass is 16.5. The fourth-order valence-electron chi connectivity index (χ4n) is 1.29. The normalized spacial score (nSPS) is 13.2. The Morgan fingerprint density at radius 1 is 1.13 bits per heavy atom. The minimum atomic E-state index is -0.566. The molecule has 92 valence electrons. The smallest absolute Gasteiger partial charge is 0.0603 e. The molecule has 2 N–H and O–H groups in total. The van der Waals surface area contributed by atoms with Crippen LogP contribution < -0.4 is 5.32 Å². The van der Waals surface area contributed by atoms with Crippen molar-refractivity contribution < 1.29 is 9.84 Å². The first-order valence-electron chi connectivity index (χ1n) is 5.69. The minimum absolute atomic E-state index is 0.260. The van der Waals surface area contributed by atoms with E-state index >= 15 is 0 Å². The first-order valence-corrected chi connectivity index (χ1v) is 5.69. The summed E-state index contributed by atoms with van der Waals surface area (Å²) in [5.74, 6) is 0. The maximum absolute atomic E-state index is 9.53. The zero-order valence-corrected chi connectivity index (χ0v) is 10.9. The summed E-state index contributed by atoms with van der Waals surface area (Å²) >= 11 is 0. The van der Waals surface area contributed by atoms with Gasteiger partial charge in [0.25, 0.3) is 0 Å². The summed E-state index contributed by atoms with van der Waals surface area (Å²) in [6.07, 6.45) is 1.84. The van der Waals surface area contributed by atoms with Gasteiger partial charge in [-0.15, -0.1) is 0 Å². The van der Waals surface area contributed by atoms with E-state index in [0.29, 0.717) is 0 Å². The van der Waals surface area contributed by atoms with Crippen LogP contribution in [0.3, 0.4) is 0 Å². The largest absolute Gasteiger partial charge is 0.390 e. The molecular formula is C12H27NO2. The maximum atomic E-state index is 9.53. The zero-order valence-electron chi connectivity index (χ0n) is 10.9. The fraction of sp³-hybridized carbons (Fsp3) is 1.00. The van der Waals surface area contributed by atoms with Crippen molar-refractivity contribution in [2.45, 2.75) is 46.1 Å². The van der Waals surface area contributed by atoms with Crippen LogP contribution in [0.15, 0.2) is 0 Å². The van der Waals surface area contributed by atoms with Crippen molar-refractivity contribution in [3.05, 3.63) is 0 Å². The van der Waals surface area contributed by atoms with Gasteiger partial charge in [0.1, 0.15) is 0 Å². The Morgan fingerprint density at radius 3 is 2.20 bits per heavy atom. The molecule has 0 bridgehead atoms. The second-order valence-electron chi connectivity index (χ2n) is 5.65. The molecule has 0 aliphatic rings. The summed E-state index contributed by atoms with van der Waals surface area (Å²) < 4.78 is 5.07. The summed E-state index contributed by atoms with van der Waals surface area (Å²) in [5, 5.41) is 12.9. The van der Waals surface area contributed by atoms with E-state index in [0.717, 1.165) is 32.5 Å². The molecular weight excluding hydrogens is 190 g/mol. The van der Waals surface area contributed by atoms with Crippen molar-refractivity contribution in [1.82, 2.24) is 5.32 Å². The quantitative estimate of drug-likeness (QED) is 0.609. The lowest BCUT2D eigenvalue weighted by Gasteiger charge is -2.25. The molecule has 0 aromatic heterocycles. The Labute approximate surface area is 94.2 Å². The fourth-order valence-corrected chi connectivity index (χ4v) is 1.29. The molecule has 0 spiro atoms. The van der Waals surface area contributed by atoms with Gasteiger partial charge >= 0.3 is 0 Å². The van der Waals surface area contributed by atoms with Crippen LogP contribution in [0.1, 0.15) is 40.5 Å². The summed E-state index contributed by atoms with van der Waals surface area (Å²) in [7, 11) is 1.73. The molecule has 0 aliphatic carbocycles. The molecule has 0 aromatic carbocycles. The lowest BCUT2D eigenvalue weighted by molar-refractivity contribution is 0.0698. The van der Waals surface area contributed by atoms with E-state index in [2.05, 4.69) is 19.2 Å². The van der Waals surface area contributed by atoms with E-state index in [1.807, 2.05) is 13.8 Å². The van der Waals surface area contributed by atoms with E-state index in [9.17, 15) is 5.11 Å². The van der Waals surface area contributed by atoms with Crippen molar-refractivity contribution >= 4 is 0 Å². The lowest BCUT2D eigenvalue weighted by atomic mass is 9.89. The topological polar surface area (TPSA) is 41.5 Å². The van der Waals surface area contributed by atoms with E-state index in [1.54, 1.807) is 7.11 Å². The SMILES string of the molecule is COCCC(C)(C)CNCCC(C)(C)O.